The van der Waals surface area contributed by atoms with Gasteiger partial charge in [-0.1, -0.05) is 159 Å². The summed E-state index contributed by atoms with van der Waals surface area (Å²) in [5, 5.41) is 0. The third kappa shape index (κ3) is 43.3. The molecule has 0 bridgehead atoms. The first-order chi connectivity index (χ1) is 26.6. The van der Waals surface area contributed by atoms with Crippen molar-refractivity contribution in [3.05, 3.63) is 48.8 Å². The zero-order valence-electron chi connectivity index (χ0n) is 36.4. The summed E-state index contributed by atoms with van der Waals surface area (Å²) >= 11 is 0. The second-order valence-corrected chi connectivity index (χ2v) is 17.6. The molecule has 0 saturated carbocycles. The van der Waals surface area contributed by atoms with E-state index < -0.39 is 13.9 Å². The predicted octanol–water partition coefficient (Wildman–Crippen LogP) is 13.5. The first kappa shape index (κ1) is 53.3. The molecular weight excluding hydrogens is 709 g/mol. The average Bonchev–Trinajstić information content (AvgIpc) is 3.13. The Morgan fingerprint density at radius 2 is 1.02 bits per heavy atom. The van der Waals surface area contributed by atoms with Crippen LogP contribution in [0.25, 0.3) is 0 Å². The lowest BCUT2D eigenvalue weighted by molar-refractivity contribution is -0.870. The van der Waals surface area contributed by atoms with Gasteiger partial charge in [0.05, 0.1) is 34.0 Å². The number of phosphoric ester groups is 1. The van der Waals surface area contributed by atoms with Crippen LogP contribution in [0.3, 0.4) is 0 Å². The second kappa shape index (κ2) is 39.1. The quantitative estimate of drug-likeness (QED) is 0.0164. The van der Waals surface area contributed by atoms with E-state index in [-0.39, 0.29) is 32.2 Å². The number of carbonyl (C=O) groups is 1. The number of phosphoric acid groups is 1. The topological polar surface area (TPSA) is 91.3 Å². The minimum Gasteiger partial charge on any atom is -0.498 e. The average molecular weight is 797 g/mol. The molecule has 0 aliphatic carbocycles. The molecular formula is C46H87NO7P+. The molecule has 0 spiro atoms. The molecule has 1 unspecified atom stereocenters. The second-order valence-electron chi connectivity index (χ2n) is 16.1. The van der Waals surface area contributed by atoms with Crippen molar-refractivity contribution in [2.24, 2.45) is 0 Å². The Balaban J connectivity index is 4.32. The molecule has 0 aliphatic rings. The lowest BCUT2D eigenvalue weighted by atomic mass is 10.0. The molecule has 2 atom stereocenters. The van der Waals surface area contributed by atoms with Crippen LogP contribution in [0.1, 0.15) is 187 Å². The number of hydrogen-bond acceptors (Lipinski definition) is 6. The van der Waals surface area contributed by atoms with Crippen LogP contribution < -0.4 is 0 Å². The van der Waals surface area contributed by atoms with E-state index in [0.29, 0.717) is 17.4 Å². The number of rotatable bonds is 41. The van der Waals surface area contributed by atoms with Crippen LogP contribution in [0.5, 0.6) is 0 Å². The smallest absolute Gasteiger partial charge is 0.472 e. The molecule has 0 amide bonds. The Labute approximate surface area is 339 Å². The highest BCUT2D eigenvalue weighted by atomic mass is 31.2. The van der Waals surface area contributed by atoms with E-state index in [2.05, 4.69) is 50.3 Å². The summed E-state index contributed by atoms with van der Waals surface area (Å²) < 4.78 is 34.7. The van der Waals surface area contributed by atoms with Gasteiger partial charge in [0, 0.05) is 6.42 Å². The van der Waals surface area contributed by atoms with Gasteiger partial charge >= 0.3 is 13.8 Å². The van der Waals surface area contributed by atoms with Crippen molar-refractivity contribution in [1.29, 1.82) is 0 Å². The van der Waals surface area contributed by atoms with Crippen molar-refractivity contribution in [2.45, 2.75) is 193 Å². The van der Waals surface area contributed by atoms with E-state index in [1.165, 1.54) is 122 Å². The molecule has 0 aromatic rings. The van der Waals surface area contributed by atoms with E-state index in [0.717, 1.165) is 38.5 Å². The number of unbranched alkanes of at least 4 members (excludes halogenated alkanes) is 21. The van der Waals surface area contributed by atoms with Crippen molar-refractivity contribution >= 4 is 13.8 Å². The summed E-state index contributed by atoms with van der Waals surface area (Å²) in [5.74, 6) is -0.372. The fourth-order valence-electron chi connectivity index (χ4n) is 5.94. The number of ether oxygens (including phenoxy) is 2. The Kier molecular flexibility index (Phi) is 37.9. The number of quaternary nitrogens is 1. The number of nitrogens with zero attached hydrogens (tertiary/aromatic N) is 1. The Morgan fingerprint density at radius 1 is 0.582 bits per heavy atom. The number of carbonyl (C=O) groups excluding carboxylic acids is 1. The van der Waals surface area contributed by atoms with Crippen molar-refractivity contribution in [3.63, 3.8) is 0 Å². The molecule has 0 fully saturated rings. The highest BCUT2D eigenvalue weighted by Gasteiger charge is 2.26. The Bertz CT molecular complexity index is 1020. The molecule has 0 rings (SSSR count). The van der Waals surface area contributed by atoms with E-state index in [4.69, 9.17) is 18.5 Å². The maximum Gasteiger partial charge on any atom is 0.472 e. The van der Waals surface area contributed by atoms with Crippen molar-refractivity contribution in [3.8, 4) is 0 Å². The van der Waals surface area contributed by atoms with Gasteiger partial charge in [-0.3, -0.25) is 13.8 Å². The Hall–Kier alpha value is -1.70. The third-order valence-electron chi connectivity index (χ3n) is 9.46. The number of esters is 1. The van der Waals surface area contributed by atoms with Gasteiger partial charge in [0.25, 0.3) is 0 Å². The molecule has 1 N–H and O–H groups in total. The molecule has 0 aliphatic heterocycles. The summed E-state index contributed by atoms with van der Waals surface area (Å²) in [4.78, 5) is 22.8. The van der Waals surface area contributed by atoms with Crippen molar-refractivity contribution in [1.82, 2.24) is 0 Å². The third-order valence-corrected chi connectivity index (χ3v) is 10.4. The molecule has 0 heterocycles. The SMILES string of the molecule is CCCCC/C=C/C/C=C/C/C=C/CCCCC(=O)O[C@H](CO/C=C/CCCCCCCCCCCCCCCCCC)COP(=O)(O)OCC[N+](C)(C)C. The molecule has 0 radical (unpaired) electrons. The zero-order valence-corrected chi connectivity index (χ0v) is 37.3. The van der Waals surface area contributed by atoms with Crippen LogP contribution in [0.2, 0.25) is 0 Å². The minimum absolute atomic E-state index is 0.0327. The van der Waals surface area contributed by atoms with Gasteiger partial charge in [0.15, 0.2) is 6.10 Å². The van der Waals surface area contributed by atoms with Crippen molar-refractivity contribution in [2.75, 3.05) is 47.5 Å². The first-order valence-electron chi connectivity index (χ1n) is 22.4. The van der Waals surface area contributed by atoms with Crippen LogP contribution in [-0.4, -0.2) is 69.0 Å². The van der Waals surface area contributed by atoms with E-state index >= 15 is 0 Å². The number of likely N-dealkylation sites (N-methyl/N-ethyl adjacent to an activating group) is 1. The van der Waals surface area contributed by atoms with Crippen LogP contribution in [-0.2, 0) is 27.9 Å². The van der Waals surface area contributed by atoms with E-state index in [1.54, 1.807) is 6.26 Å². The molecule has 322 valence electrons. The predicted molar refractivity (Wildman–Crippen MR) is 233 cm³/mol. The highest BCUT2D eigenvalue weighted by Crippen LogP contribution is 2.43. The van der Waals surface area contributed by atoms with Crippen LogP contribution in [0, 0.1) is 0 Å². The van der Waals surface area contributed by atoms with Crippen LogP contribution in [0.4, 0.5) is 0 Å². The molecule has 0 aromatic carbocycles. The maximum absolute atomic E-state index is 12.7. The van der Waals surface area contributed by atoms with Gasteiger partial charge in [-0.05, 0) is 63.9 Å². The van der Waals surface area contributed by atoms with Gasteiger partial charge in [-0.15, -0.1) is 0 Å². The molecule has 0 aromatic heterocycles. The monoisotopic (exact) mass is 797 g/mol. The summed E-state index contributed by atoms with van der Waals surface area (Å²) in [6.45, 7) is 4.86. The fraction of sp³-hybridized carbons (Fsp3) is 0.804. The first-order valence-corrected chi connectivity index (χ1v) is 23.9. The zero-order chi connectivity index (χ0) is 40.6. The van der Waals surface area contributed by atoms with Gasteiger partial charge in [0.1, 0.15) is 19.8 Å². The summed E-state index contributed by atoms with van der Waals surface area (Å²) in [6, 6.07) is 0. The molecule has 8 nitrogen and oxygen atoms in total. The van der Waals surface area contributed by atoms with Gasteiger partial charge in [0.2, 0.25) is 0 Å². The van der Waals surface area contributed by atoms with E-state index in [1.807, 2.05) is 27.2 Å². The lowest BCUT2D eigenvalue weighted by Gasteiger charge is -2.24. The number of allylic oxidation sites excluding steroid dienone is 7. The minimum atomic E-state index is -4.30. The molecule has 0 saturated heterocycles. The van der Waals surface area contributed by atoms with Gasteiger partial charge in [-0.25, -0.2) is 4.57 Å². The summed E-state index contributed by atoms with van der Waals surface area (Å²) in [7, 11) is 1.61. The van der Waals surface area contributed by atoms with Crippen LogP contribution >= 0.6 is 7.82 Å². The normalized spacial score (nSPS) is 14.1. The fourth-order valence-corrected chi connectivity index (χ4v) is 6.68. The molecule has 55 heavy (non-hydrogen) atoms. The highest BCUT2D eigenvalue weighted by molar-refractivity contribution is 7.47. The Morgan fingerprint density at radius 3 is 1.55 bits per heavy atom. The maximum atomic E-state index is 12.7. The number of hydrogen-bond donors (Lipinski definition) is 1. The lowest BCUT2D eigenvalue weighted by Crippen LogP contribution is -2.37. The largest absolute Gasteiger partial charge is 0.498 e. The van der Waals surface area contributed by atoms with Crippen LogP contribution in [0.15, 0.2) is 48.8 Å². The standard InChI is InChI=1S/C46H86NO7P/c1-6-8-10-12-14-16-18-20-22-23-24-26-28-30-32-34-36-38-41-51-43-45(44-53-55(49,50)52-42-40-47(3,4)5)54-46(48)39-37-35-33-31-29-27-25-21-19-17-15-13-11-9-7-2/h15,17,21,25,29,31,38,41,45H,6-14,16,18-20,22-24,26-28,30,32-37,39-40,42-44H2,1-5H3/p+1/b17-15+,25-21+,31-29+,41-38+/t45-/m1/s1. The van der Waals surface area contributed by atoms with Crippen molar-refractivity contribution < 1.29 is 37.3 Å². The summed E-state index contributed by atoms with van der Waals surface area (Å²) in [6.07, 6.45) is 48.2. The van der Waals surface area contributed by atoms with Gasteiger partial charge < -0.3 is 18.9 Å². The van der Waals surface area contributed by atoms with Gasteiger partial charge in [-0.2, -0.15) is 0 Å². The molecule has 9 heteroatoms. The summed E-state index contributed by atoms with van der Waals surface area (Å²) in [5.41, 5.74) is 0. The van der Waals surface area contributed by atoms with E-state index in [9.17, 15) is 14.3 Å².